The lowest BCUT2D eigenvalue weighted by molar-refractivity contribution is 0.0601. The van der Waals surface area contributed by atoms with E-state index in [4.69, 9.17) is 4.74 Å². The van der Waals surface area contributed by atoms with Crippen LogP contribution in [0.2, 0.25) is 0 Å². The van der Waals surface area contributed by atoms with E-state index in [2.05, 4.69) is 31.6 Å². The molecule has 1 fully saturated rings. The quantitative estimate of drug-likeness (QED) is 0.172. The van der Waals surface area contributed by atoms with Crippen molar-refractivity contribution in [1.82, 2.24) is 5.32 Å². The van der Waals surface area contributed by atoms with Crippen molar-refractivity contribution in [3.63, 3.8) is 0 Å². The highest BCUT2D eigenvalue weighted by Crippen LogP contribution is 2.25. The highest BCUT2D eigenvalue weighted by Gasteiger charge is 2.16. The molecule has 0 radical (unpaired) electrons. The molecule has 0 unspecified atom stereocenters. The van der Waals surface area contributed by atoms with Gasteiger partial charge in [-0.3, -0.25) is 0 Å². The number of aromatic hydroxyl groups is 1. The number of phenolic OH excluding ortho intramolecular Hbond substituents is 1. The molecule has 2 aromatic carbocycles. The maximum atomic E-state index is 14.2. The van der Waals surface area contributed by atoms with E-state index in [1.54, 1.807) is 12.1 Å². The van der Waals surface area contributed by atoms with Crippen molar-refractivity contribution < 1.29 is 19.0 Å². The van der Waals surface area contributed by atoms with Crippen LogP contribution in [0.25, 0.3) is 0 Å². The summed E-state index contributed by atoms with van der Waals surface area (Å²) < 4.78 is 19.7. The minimum absolute atomic E-state index is 0.0309. The van der Waals surface area contributed by atoms with Crippen LogP contribution in [-0.2, 0) is 11.3 Å². The molecule has 1 aliphatic rings. The molecule has 1 saturated carbocycles. The van der Waals surface area contributed by atoms with E-state index in [1.807, 2.05) is 0 Å². The molecule has 6 nitrogen and oxygen atoms in total. The lowest BCUT2D eigenvalue weighted by Crippen LogP contribution is -2.39. The first-order valence-electron chi connectivity index (χ1n) is 10.4. The van der Waals surface area contributed by atoms with Crippen LogP contribution in [0.1, 0.15) is 54.4 Å². The van der Waals surface area contributed by atoms with Crippen molar-refractivity contribution in [3.8, 4) is 5.75 Å². The molecule has 0 saturated heterocycles. The van der Waals surface area contributed by atoms with Crippen molar-refractivity contribution in [2.24, 2.45) is 4.99 Å². The number of halogens is 2. The fraction of sp³-hybridized carbons (Fsp3) is 0.391. The smallest absolute Gasteiger partial charge is 0.337 e. The fourth-order valence-corrected chi connectivity index (χ4v) is 3.98. The van der Waals surface area contributed by atoms with Crippen LogP contribution in [0.15, 0.2) is 45.9 Å². The number of phenols is 1. The predicted molar refractivity (Wildman–Crippen MR) is 123 cm³/mol. The molecule has 166 valence electrons. The first-order valence-corrected chi connectivity index (χ1v) is 11.2. The van der Waals surface area contributed by atoms with E-state index in [-0.39, 0.29) is 24.2 Å². The number of carbonyl (C=O) groups excluding carboxylic acids is 1. The monoisotopic (exact) mass is 491 g/mol. The zero-order valence-corrected chi connectivity index (χ0v) is 19.0. The predicted octanol–water partition coefficient (Wildman–Crippen LogP) is 5.36. The molecule has 31 heavy (non-hydrogen) atoms. The largest absolute Gasteiger partial charge is 0.506 e. The number of nitrogens with one attached hydrogen (secondary N) is 2. The van der Waals surface area contributed by atoms with Gasteiger partial charge in [0.2, 0.25) is 0 Å². The van der Waals surface area contributed by atoms with E-state index in [9.17, 15) is 14.3 Å². The number of hydrogen-bond donors (Lipinski definition) is 3. The molecular weight excluding hydrogens is 465 g/mol. The highest BCUT2D eigenvalue weighted by atomic mass is 79.9. The molecule has 8 heteroatoms. The van der Waals surface area contributed by atoms with Crippen molar-refractivity contribution in [1.29, 1.82) is 0 Å². The lowest BCUT2D eigenvalue weighted by atomic mass is 10.1. The van der Waals surface area contributed by atoms with Gasteiger partial charge in [0.1, 0.15) is 11.6 Å². The standard InChI is InChI=1S/C23H27BrFN3O3/c1-31-22(30)15-8-11-21(29)20(13-15)28-23(27-18-6-4-2-3-5-7-18)26-14-16-12-17(24)9-10-19(16)25/h8-13,18,29H,2-7,14H2,1H3,(H2,26,27,28). The van der Waals surface area contributed by atoms with Gasteiger partial charge in [-0.05, 0) is 49.2 Å². The topological polar surface area (TPSA) is 83.0 Å². The van der Waals surface area contributed by atoms with Gasteiger partial charge >= 0.3 is 5.97 Å². The summed E-state index contributed by atoms with van der Waals surface area (Å²) in [5.41, 5.74) is 1.07. The number of rotatable bonds is 5. The molecule has 0 bridgehead atoms. The van der Waals surface area contributed by atoms with Crippen LogP contribution in [-0.4, -0.2) is 30.2 Å². The van der Waals surface area contributed by atoms with Crippen LogP contribution in [0.3, 0.4) is 0 Å². The molecule has 0 amide bonds. The first-order chi connectivity index (χ1) is 15.0. The summed E-state index contributed by atoms with van der Waals surface area (Å²) >= 11 is 3.36. The van der Waals surface area contributed by atoms with Gasteiger partial charge in [0.15, 0.2) is 5.96 Å². The molecule has 0 aromatic heterocycles. The molecule has 3 rings (SSSR count). The Kier molecular flexibility index (Phi) is 8.28. The fourth-order valence-electron chi connectivity index (χ4n) is 3.58. The average Bonchev–Trinajstić information content (AvgIpc) is 3.03. The Morgan fingerprint density at radius 2 is 1.94 bits per heavy atom. The molecule has 0 spiro atoms. The lowest BCUT2D eigenvalue weighted by Gasteiger charge is -2.21. The number of guanidine groups is 1. The molecule has 1 aliphatic carbocycles. The van der Waals surface area contributed by atoms with Crippen LogP contribution in [0.5, 0.6) is 5.75 Å². The van der Waals surface area contributed by atoms with Gasteiger partial charge in [-0.15, -0.1) is 0 Å². The summed E-state index contributed by atoms with van der Waals surface area (Å²) in [6, 6.07) is 9.37. The van der Waals surface area contributed by atoms with E-state index >= 15 is 0 Å². The number of hydrogen-bond acceptors (Lipinski definition) is 4. The number of anilines is 1. The summed E-state index contributed by atoms with van der Waals surface area (Å²) in [4.78, 5) is 16.4. The average molecular weight is 492 g/mol. The van der Waals surface area contributed by atoms with Gasteiger partial charge in [0.25, 0.3) is 0 Å². The zero-order chi connectivity index (χ0) is 22.2. The third kappa shape index (κ3) is 6.69. The minimum atomic E-state index is -0.505. The Balaban J connectivity index is 1.86. The highest BCUT2D eigenvalue weighted by molar-refractivity contribution is 9.10. The van der Waals surface area contributed by atoms with Crippen molar-refractivity contribution >= 4 is 33.5 Å². The molecule has 0 aliphatic heterocycles. The van der Waals surface area contributed by atoms with E-state index in [1.165, 1.54) is 44.2 Å². The molecule has 3 N–H and O–H groups in total. The number of benzene rings is 2. The molecular formula is C23H27BrFN3O3. The van der Waals surface area contributed by atoms with Crippen LogP contribution < -0.4 is 10.6 Å². The van der Waals surface area contributed by atoms with Crippen LogP contribution >= 0.6 is 15.9 Å². The minimum Gasteiger partial charge on any atom is -0.506 e. The number of ether oxygens (including phenoxy) is 1. The van der Waals surface area contributed by atoms with Crippen molar-refractivity contribution in [2.75, 3.05) is 12.4 Å². The summed E-state index contributed by atoms with van der Waals surface area (Å²) in [7, 11) is 1.30. The number of aliphatic imine (C=N–C) groups is 1. The number of nitrogens with zero attached hydrogens (tertiary/aromatic N) is 1. The Morgan fingerprint density at radius 1 is 1.19 bits per heavy atom. The number of carbonyl (C=O) groups is 1. The van der Waals surface area contributed by atoms with Gasteiger partial charge in [-0.1, -0.05) is 41.6 Å². The Morgan fingerprint density at radius 3 is 2.65 bits per heavy atom. The second kappa shape index (κ2) is 11.1. The Labute approximate surface area is 190 Å². The van der Waals surface area contributed by atoms with Gasteiger partial charge < -0.3 is 20.5 Å². The Hall–Kier alpha value is -2.61. The zero-order valence-electron chi connectivity index (χ0n) is 17.5. The molecule has 0 atom stereocenters. The van der Waals surface area contributed by atoms with E-state index in [0.29, 0.717) is 22.8 Å². The maximum absolute atomic E-state index is 14.2. The van der Waals surface area contributed by atoms with Gasteiger partial charge in [-0.2, -0.15) is 0 Å². The first kappa shape index (κ1) is 23.1. The number of methoxy groups -OCH3 is 1. The van der Waals surface area contributed by atoms with Crippen LogP contribution in [0.4, 0.5) is 10.1 Å². The molecule has 2 aromatic rings. The summed E-state index contributed by atoms with van der Waals surface area (Å²) in [5.74, 6) is -0.453. The third-order valence-electron chi connectivity index (χ3n) is 5.28. The van der Waals surface area contributed by atoms with Crippen LogP contribution in [0, 0.1) is 5.82 Å². The van der Waals surface area contributed by atoms with Gasteiger partial charge in [-0.25, -0.2) is 14.2 Å². The summed E-state index contributed by atoms with van der Waals surface area (Å²) in [6.45, 7) is 0.116. The van der Waals surface area contributed by atoms with E-state index < -0.39 is 5.97 Å². The summed E-state index contributed by atoms with van der Waals surface area (Å²) in [6.07, 6.45) is 6.72. The number of esters is 1. The maximum Gasteiger partial charge on any atom is 0.337 e. The van der Waals surface area contributed by atoms with Crippen molar-refractivity contribution in [3.05, 3.63) is 57.8 Å². The molecule has 0 heterocycles. The Bertz CT molecular complexity index is 944. The van der Waals surface area contributed by atoms with Gasteiger partial charge in [0, 0.05) is 16.1 Å². The van der Waals surface area contributed by atoms with E-state index in [0.717, 1.165) is 30.2 Å². The second-order valence-corrected chi connectivity index (χ2v) is 8.50. The third-order valence-corrected chi connectivity index (χ3v) is 5.78. The van der Waals surface area contributed by atoms with Gasteiger partial charge in [0.05, 0.1) is 24.9 Å². The summed E-state index contributed by atoms with van der Waals surface area (Å²) in [5, 5.41) is 16.8. The normalized spacial score (nSPS) is 15.3. The second-order valence-electron chi connectivity index (χ2n) is 7.58. The van der Waals surface area contributed by atoms with Crippen molar-refractivity contribution in [2.45, 2.75) is 51.1 Å². The SMILES string of the molecule is COC(=O)c1ccc(O)c(NC(=NCc2cc(Br)ccc2F)NC2CCCCCC2)c1.